The van der Waals surface area contributed by atoms with Crippen LogP contribution in [0.4, 0.5) is 0 Å². The van der Waals surface area contributed by atoms with Crippen molar-refractivity contribution in [1.29, 1.82) is 0 Å². The van der Waals surface area contributed by atoms with Crippen molar-refractivity contribution in [3.8, 4) is 0 Å². The molecule has 0 radical (unpaired) electrons. The van der Waals surface area contributed by atoms with Crippen molar-refractivity contribution in [3.63, 3.8) is 0 Å². The number of unbranched alkanes of at least 4 members (excludes halogenated alkanes) is 7. The van der Waals surface area contributed by atoms with Crippen molar-refractivity contribution >= 4 is 0 Å². The van der Waals surface area contributed by atoms with Gasteiger partial charge in [0.15, 0.2) is 0 Å². The van der Waals surface area contributed by atoms with Crippen LogP contribution in [-0.2, 0) is 0 Å². The maximum absolute atomic E-state index is 3.82. The molecule has 0 amide bonds. The van der Waals surface area contributed by atoms with Gasteiger partial charge in [-0.3, -0.25) is 0 Å². The monoisotopic (exact) mass is 281 g/mol. The first kappa shape index (κ1) is 18.0. The van der Waals surface area contributed by atoms with Gasteiger partial charge in [0.25, 0.3) is 0 Å². The Hall–Kier alpha value is -0.0400. The van der Waals surface area contributed by atoms with Crippen molar-refractivity contribution in [1.82, 2.24) is 5.32 Å². The van der Waals surface area contributed by atoms with Gasteiger partial charge in [0.05, 0.1) is 0 Å². The van der Waals surface area contributed by atoms with Crippen LogP contribution in [0.15, 0.2) is 0 Å². The highest BCUT2D eigenvalue weighted by atomic mass is 14.9. The van der Waals surface area contributed by atoms with Crippen molar-refractivity contribution in [3.05, 3.63) is 0 Å². The summed E-state index contributed by atoms with van der Waals surface area (Å²) in [5.41, 5.74) is 0.579. The Bertz CT molecular complexity index is 234. The lowest BCUT2D eigenvalue weighted by Gasteiger charge is -2.39. The van der Waals surface area contributed by atoms with Gasteiger partial charge >= 0.3 is 0 Å². The Morgan fingerprint density at radius 1 is 0.950 bits per heavy atom. The fourth-order valence-electron chi connectivity index (χ4n) is 3.80. The predicted molar refractivity (Wildman–Crippen MR) is 91.2 cm³/mol. The Morgan fingerprint density at radius 2 is 1.55 bits per heavy atom. The molecule has 0 aromatic heterocycles. The molecule has 0 aliphatic heterocycles. The highest BCUT2D eigenvalue weighted by molar-refractivity contribution is 4.86. The van der Waals surface area contributed by atoms with Crippen molar-refractivity contribution in [2.45, 2.75) is 104 Å². The predicted octanol–water partition coefficient (Wildman–Crippen LogP) is 5.93. The number of rotatable bonds is 10. The van der Waals surface area contributed by atoms with Crippen LogP contribution < -0.4 is 5.32 Å². The molecule has 1 fully saturated rings. The van der Waals surface area contributed by atoms with Gasteiger partial charge in [-0.15, -0.1) is 0 Å². The minimum atomic E-state index is 0.579. The van der Waals surface area contributed by atoms with Crippen LogP contribution in [0.1, 0.15) is 98.3 Å². The summed E-state index contributed by atoms with van der Waals surface area (Å²) in [4.78, 5) is 0. The highest BCUT2D eigenvalue weighted by Gasteiger charge is 2.31. The normalized spacial score (nSPS) is 25.8. The molecule has 1 aliphatic rings. The summed E-state index contributed by atoms with van der Waals surface area (Å²) in [7, 11) is 0. The third-order valence-electron chi connectivity index (χ3n) is 5.13. The van der Waals surface area contributed by atoms with Crippen LogP contribution >= 0.6 is 0 Å². The fraction of sp³-hybridized carbons (Fsp3) is 1.00. The van der Waals surface area contributed by atoms with E-state index >= 15 is 0 Å². The van der Waals surface area contributed by atoms with Crippen LogP contribution in [0.5, 0.6) is 0 Å². The molecule has 2 atom stereocenters. The molecule has 1 aliphatic carbocycles. The van der Waals surface area contributed by atoms with Gasteiger partial charge in [0.2, 0.25) is 0 Å². The van der Waals surface area contributed by atoms with E-state index in [0.29, 0.717) is 5.41 Å². The van der Waals surface area contributed by atoms with E-state index in [4.69, 9.17) is 0 Å². The van der Waals surface area contributed by atoms with E-state index in [1.54, 1.807) is 0 Å². The molecule has 0 bridgehead atoms. The number of hydrogen-bond donors (Lipinski definition) is 1. The lowest BCUT2D eigenvalue weighted by molar-refractivity contribution is 0.149. The summed E-state index contributed by atoms with van der Waals surface area (Å²) < 4.78 is 0. The molecule has 20 heavy (non-hydrogen) atoms. The van der Waals surface area contributed by atoms with E-state index in [-0.39, 0.29) is 0 Å². The summed E-state index contributed by atoms with van der Waals surface area (Å²) in [5, 5.41) is 3.82. The quantitative estimate of drug-likeness (QED) is 0.489. The smallest absolute Gasteiger partial charge is 0.00930 e. The van der Waals surface area contributed by atoms with E-state index in [0.717, 1.165) is 12.0 Å². The van der Waals surface area contributed by atoms with Crippen LogP contribution in [0.2, 0.25) is 0 Å². The zero-order valence-corrected chi connectivity index (χ0v) is 14.6. The minimum Gasteiger partial charge on any atom is -0.314 e. The lowest BCUT2D eigenvalue weighted by atomic mass is 9.70. The summed E-state index contributed by atoms with van der Waals surface area (Å²) in [5.74, 6) is 0.854. The van der Waals surface area contributed by atoms with E-state index < -0.39 is 0 Å². The van der Waals surface area contributed by atoms with Gasteiger partial charge in [-0.1, -0.05) is 72.6 Å². The molecule has 0 spiro atoms. The molecule has 1 rings (SSSR count). The maximum Gasteiger partial charge on any atom is 0.00930 e. The highest BCUT2D eigenvalue weighted by Crippen LogP contribution is 2.38. The second-order valence-electron chi connectivity index (χ2n) is 7.92. The summed E-state index contributed by atoms with van der Waals surface area (Å²) in [6.07, 6.45) is 15.6. The molecule has 0 saturated heterocycles. The summed E-state index contributed by atoms with van der Waals surface area (Å²) >= 11 is 0. The van der Waals surface area contributed by atoms with Crippen molar-refractivity contribution in [2.24, 2.45) is 11.3 Å². The Morgan fingerprint density at radius 3 is 2.15 bits per heavy atom. The molecule has 1 heteroatoms. The van der Waals surface area contributed by atoms with Gasteiger partial charge in [0.1, 0.15) is 0 Å². The van der Waals surface area contributed by atoms with Crippen molar-refractivity contribution in [2.75, 3.05) is 6.54 Å². The molecule has 0 aromatic carbocycles. The largest absolute Gasteiger partial charge is 0.314 e. The number of nitrogens with one attached hydrogen (secondary N) is 1. The minimum absolute atomic E-state index is 0.579. The van der Waals surface area contributed by atoms with Crippen LogP contribution in [0, 0.1) is 11.3 Å². The molecule has 2 unspecified atom stereocenters. The van der Waals surface area contributed by atoms with Gasteiger partial charge in [-0.25, -0.2) is 0 Å². The maximum atomic E-state index is 3.82. The zero-order chi connectivity index (χ0) is 14.8. The SMILES string of the molecule is CCCCCCCCCCNC1CCC(C)(C)CC1C. The zero-order valence-electron chi connectivity index (χ0n) is 14.6. The van der Waals surface area contributed by atoms with Gasteiger partial charge in [-0.05, 0) is 43.6 Å². The Kier molecular flexibility index (Phi) is 8.84. The molecular weight excluding hydrogens is 242 g/mol. The van der Waals surface area contributed by atoms with E-state index in [2.05, 4.69) is 33.0 Å². The molecule has 1 saturated carbocycles. The van der Waals surface area contributed by atoms with E-state index in [1.165, 1.54) is 77.2 Å². The van der Waals surface area contributed by atoms with E-state index in [1.807, 2.05) is 0 Å². The number of hydrogen-bond acceptors (Lipinski definition) is 1. The Balaban J connectivity index is 1.94. The summed E-state index contributed by atoms with van der Waals surface area (Å²) in [6, 6.07) is 0.785. The first-order chi connectivity index (χ1) is 9.55. The van der Waals surface area contributed by atoms with Gasteiger partial charge in [0, 0.05) is 6.04 Å². The molecule has 0 heterocycles. The summed E-state index contributed by atoms with van der Waals surface area (Å²) in [6.45, 7) is 10.8. The van der Waals surface area contributed by atoms with Gasteiger partial charge < -0.3 is 5.32 Å². The van der Waals surface area contributed by atoms with Crippen LogP contribution in [0.25, 0.3) is 0 Å². The second-order valence-corrected chi connectivity index (χ2v) is 7.92. The topological polar surface area (TPSA) is 12.0 Å². The Labute approximate surface area is 128 Å². The lowest BCUT2D eigenvalue weighted by Crippen LogP contribution is -2.42. The van der Waals surface area contributed by atoms with Crippen molar-refractivity contribution < 1.29 is 0 Å². The average Bonchev–Trinajstić information content (AvgIpc) is 2.38. The first-order valence-electron chi connectivity index (χ1n) is 9.28. The molecule has 120 valence electrons. The standard InChI is InChI=1S/C19H39N/c1-5-6-7-8-9-10-11-12-15-20-18-13-14-19(3,4)16-17(18)2/h17-18,20H,5-16H2,1-4H3. The third kappa shape index (κ3) is 7.67. The molecule has 1 N–H and O–H groups in total. The first-order valence-corrected chi connectivity index (χ1v) is 9.28. The fourth-order valence-corrected chi connectivity index (χ4v) is 3.80. The second kappa shape index (κ2) is 9.82. The molecule has 0 aromatic rings. The molecule has 1 nitrogen and oxygen atoms in total. The van der Waals surface area contributed by atoms with Gasteiger partial charge in [-0.2, -0.15) is 0 Å². The van der Waals surface area contributed by atoms with E-state index in [9.17, 15) is 0 Å². The third-order valence-corrected chi connectivity index (χ3v) is 5.13. The van der Waals surface area contributed by atoms with Crippen LogP contribution in [-0.4, -0.2) is 12.6 Å². The van der Waals surface area contributed by atoms with Crippen LogP contribution in [0.3, 0.4) is 0 Å². The average molecular weight is 282 g/mol. The molecular formula is C19H39N.